The molecule has 96 valence electrons. The van der Waals surface area contributed by atoms with Crippen molar-refractivity contribution in [3.05, 3.63) is 5.01 Å². The molecule has 0 atom stereocenters. The number of rotatable bonds is 4. The molecule has 1 aliphatic carbocycles. The van der Waals surface area contributed by atoms with Crippen molar-refractivity contribution in [2.45, 2.75) is 49.8 Å². The van der Waals surface area contributed by atoms with E-state index in [1.54, 1.807) is 11.3 Å². The fraction of sp³-hybridized carbons (Fsp3) is 0.833. The van der Waals surface area contributed by atoms with Gasteiger partial charge < -0.3 is 0 Å². The van der Waals surface area contributed by atoms with E-state index in [-0.39, 0.29) is 0 Å². The second-order valence-electron chi connectivity index (χ2n) is 4.95. The number of thiol groups is 1. The van der Waals surface area contributed by atoms with Crippen LogP contribution in [0.2, 0.25) is 0 Å². The molecule has 0 saturated heterocycles. The van der Waals surface area contributed by atoms with Gasteiger partial charge in [0.25, 0.3) is 0 Å². The predicted molar refractivity (Wildman–Crippen MR) is 79.4 cm³/mol. The van der Waals surface area contributed by atoms with E-state index >= 15 is 0 Å². The van der Waals surface area contributed by atoms with Crippen molar-refractivity contribution in [2.75, 3.05) is 11.5 Å². The molecule has 0 bridgehead atoms. The summed E-state index contributed by atoms with van der Waals surface area (Å²) in [6, 6.07) is 0. The van der Waals surface area contributed by atoms with Gasteiger partial charge in [-0.1, -0.05) is 48.8 Å². The molecule has 1 aromatic rings. The lowest BCUT2D eigenvalue weighted by atomic mass is 9.84. The molecule has 2 nitrogen and oxygen atoms in total. The standard InChI is InChI=1S/C12H20N2S3/c1-10-13-14-11(17-10)16-9-12(8-15)6-4-2-3-5-7-12/h15H,2-9H2,1H3. The first-order chi connectivity index (χ1) is 8.24. The highest BCUT2D eigenvalue weighted by Gasteiger charge is 2.30. The van der Waals surface area contributed by atoms with E-state index in [0.29, 0.717) is 5.41 Å². The maximum absolute atomic E-state index is 4.60. The Hall–Kier alpha value is 0.260. The first-order valence-corrected chi connectivity index (χ1v) is 8.71. The highest BCUT2D eigenvalue weighted by Crippen LogP contribution is 2.40. The van der Waals surface area contributed by atoms with Gasteiger partial charge in [0.2, 0.25) is 0 Å². The summed E-state index contributed by atoms with van der Waals surface area (Å²) >= 11 is 8.19. The molecule has 0 amide bonds. The number of hydrogen-bond acceptors (Lipinski definition) is 5. The molecular weight excluding hydrogens is 268 g/mol. The Balaban J connectivity index is 1.93. The van der Waals surface area contributed by atoms with Crippen LogP contribution in [0.4, 0.5) is 0 Å². The van der Waals surface area contributed by atoms with Crippen LogP contribution in [0.25, 0.3) is 0 Å². The minimum absolute atomic E-state index is 0.434. The van der Waals surface area contributed by atoms with E-state index in [4.69, 9.17) is 0 Å². The molecule has 0 unspecified atom stereocenters. The summed E-state index contributed by atoms with van der Waals surface area (Å²) in [5.41, 5.74) is 0.434. The van der Waals surface area contributed by atoms with Crippen molar-refractivity contribution in [3.8, 4) is 0 Å². The van der Waals surface area contributed by atoms with Crippen LogP contribution in [0.5, 0.6) is 0 Å². The van der Waals surface area contributed by atoms with E-state index in [9.17, 15) is 0 Å². The number of thioether (sulfide) groups is 1. The predicted octanol–water partition coefficient (Wildman–Crippen LogP) is 4.21. The first kappa shape index (κ1) is 13.7. The monoisotopic (exact) mass is 288 g/mol. The van der Waals surface area contributed by atoms with Crippen molar-refractivity contribution in [3.63, 3.8) is 0 Å². The smallest absolute Gasteiger partial charge is 0.174 e. The van der Waals surface area contributed by atoms with E-state index in [2.05, 4.69) is 22.8 Å². The topological polar surface area (TPSA) is 25.8 Å². The lowest BCUT2D eigenvalue weighted by Crippen LogP contribution is -2.25. The van der Waals surface area contributed by atoms with Gasteiger partial charge in [-0.15, -0.1) is 10.2 Å². The van der Waals surface area contributed by atoms with Gasteiger partial charge in [-0.3, -0.25) is 0 Å². The highest BCUT2D eigenvalue weighted by molar-refractivity contribution is 8.01. The number of nitrogens with zero attached hydrogens (tertiary/aromatic N) is 2. The number of aromatic nitrogens is 2. The quantitative estimate of drug-likeness (QED) is 0.510. The average Bonchev–Trinajstić information content (AvgIpc) is 2.63. The van der Waals surface area contributed by atoms with Crippen molar-refractivity contribution in [1.82, 2.24) is 10.2 Å². The van der Waals surface area contributed by atoms with Crippen LogP contribution in [0.15, 0.2) is 4.34 Å². The zero-order chi connectivity index (χ0) is 12.1. The summed E-state index contributed by atoms with van der Waals surface area (Å²) in [5.74, 6) is 2.17. The molecule has 17 heavy (non-hydrogen) atoms. The average molecular weight is 289 g/mol. The Bertz CT molecular complexity index is 343. The lowest BCUT2D eigenvalue weighted by molar-refractivity contribution is 0.332. The van der Waals surface area contributed by atoms with Crippen LogP contribution < -0.4 is 0 Å². The van der Waals surface area contributed by atoms with Crippen molar-refractivity contribution in [2.24, 2.45) is 5.41 Å². The van der Waals surface area contributed by atoms with E-state index in [0.717, 1.165) is 20.9 Å². The van der Waals surface area contributed by atoms with Gasteiger partial charge in [-0.25, -0.2) is 0 Å². The van der Waals surface area contributed by atoms with Crippen molar-refractivity contribution >= 4 is 35.7 Å². The third kappa shape index (κ3) is 3.86. The second kappa shape index (κ2) is 6.43. The van der Waals surface area contributed by atoms with Gasteiger partial charge in [0, 0.05) is 5.75 Å². The van der Waals surface area contributed by atoms with Gasteiger partial charge in [-0.2, -0.15) is 12.6 Å². The molecule has 1 heterocycles. The van der Waals surface area contributed by atoms with E-state index in [1.165, 1.54) is 38.5 Å². The molecule has 1 aromatic heterocycles. The van der Waals surface area contributed by atoms with E-state index in [1.807, 2.05) is 18.7 Å². The molecule has 1 fully saturated rings. The van der Waals surface area contributed by atoms with Crippen LogP contribution in [-0.4, -0.2) is 21.7 Å². The minimum atomic E-state index is 0.434. The van der Waals surface area contributed by atoms with Gasteiger partial charge in [-0.05, 0) is 30.9 Å². The SMILES string of the molecule is Cc1nnc(SCC2(CS)CCCCCC2)s1. The summed E-state index contributed by atoms with van der Waals surface area (Å²) in [4.78, 5) is 0. The minimum Gasteiger partial charge on any atom is -0.179 e. The molecule has 1 aliphatic rings. The first-order valence-electron chi connectivity index (χ1n) is 6.28. The summed E-state index contributed by atoms with van der Waals surface area (Å²) in [6.45, 7) is 2.02. The number of aryl methyl sites for hydroxylation is 1. The third-order valence-corrected chi connectivity index (χ3v) is 6.50. The summed E-state index contributed by atoms with van der Waals surface area (Å²) in [6.07, 6.45) is 8.21. The van der Waals surface area contributed by atoms with Crippen LogP contribution >= 0.6 is 35.7 Å². The van der Waals surface area contributed by atoms with Crippen LogP contribution in [0.3, 0.4) is 0 Å². The normalized spacial score (nSPS) is 20.1. The molecule has 1 saturated carbocycles. The highest BCUT2D eigenvalue weighted by atomic mass is 32.2. The zero-order valence-electron chi connectivity index (χ0n) is 10.3. The molecule has 2 rings (SSSR count). The number of hydrogen-bond donors (Lipinski definition) is 1. The maximum Gasteiger partial charge on any atom is 0.174 e. The third-order valence-electron chi connectivity index (χ3n) is 3.51. The fourth-order valence-corrected chi connectivity index (χ4v) is 5.07. The van der Waals surface area contributed by atoms with Crippen molar-refractivity contribution < 1.29 is 0 Å². The van der Waals surface area contributed by atoms with Crippen LogP contribution in [0.1, 0.15) is 43.5 Å². The maximum atomic E-state index is 4.60. The van der Waals surface area contributed by atoms with Gasteiger partial charge in [0.05, 0.1) is 0 Å². The Labute approximate surface area is 117 Å². The lowest BCUT2D eigenvalue weighted by Gasteiger charge is -2.30. The Kier molecular flexibility index (Phi) is 5.18. The molecule has 0 aliphatic heterocycles. The fourth-order valence-electron chi connectivity index (χ4n) is 2.38. The zero-order valence-corrected chi connectivity index (χ0v) is 12.8. The molecular formula is C12H20N2S3. The van der Waals surface area contributed by atoms with Crippen molar-refractivity contribution in [1.29, 1.82) is 0 Å². The van der Waals surface area contributed by atoms with Crippen LogP contribution in [-0.2, 0) is 0 Å². The second-order valence-corrected chi connectivity index (χ2v) is 7.67. The molecule has 0 radical (unpaired) electrons. The molecule has 0 spiro atoms. The Morgan fingerprint density at radius 3 is 2.47 bits per heavy atom. The molecule has 0 aromatic carbocycles. The summed E-state index contributed by atoms with van der Waals surface area (Å²) < 4.78 is 1.12. The van der Waals surface area contributed by atoms with Gasteiger partial charge in [0.1, 0.15) is 5.01 Å². The summed E-state index contributed by atoms with van der Waals surface area (Å²) in [7, 11) is 0. The Morgan fingerprint density at radius 1 is 1.24 bits per heavy atom. The largest absolute Gasteiger partial charge is 0.179 e. The van der Waals surface area contributed by atoms with Crippen LogP contribution in [0, 0.1) is 12.3 Å². The van der Waals surface area contributed by atoms with E-state index < -0.39 is 0 Å². The van der Waals surface area contributed by atoms with Gasteiger partial charge >= 0.3 is 0 Å². The summed E-state index contributed by atoms with van der Waals surface area (Å²) in [5, 5.41) is 9.33. The Morgan fingerprint density at radius 2 is 1.94 bits per heavy atom. The molecule has 5 heteroatoms. The van der Waals surface area contributed by atoms with Gasteiger partial charge in [0.15, 0.2) is 4.34 Å². The molecule has 0 N–H and O–H groups in total.